The number of benzene rings is 9. The number of hydrogen-bond acceptors (Lipinski definition) is 3. The molecule has 0 N–H and O–H groups in total. The molecule has 3 nitrogen and oxygen atoms in total. The zero-order valence-electron chi connectivity index (χ0n) is 33.1. The average Bonchev–Trinajstić information content (AvgIpc) is 3.73. The molecule has 0 aliphatic heterocycles. The third kappa shape index (κ3) is 6.60. The Morgan fingerprint density at radius 2 is 0.672 bits per heavy atom. The summed E-state index contributed by atoms with van der Waals surface area (Å²) < 4.78 is 2.70. The van der Waals surface area contributed by atoms with Gasteiger partial charge in [-0.05, 0) is 0 Å². The van der Waals surface area contributed by atoms with Crippen molar-refractivity contribution in [2.45, 2.75) is 0 Å². The van der Waals surface area contributed by atoms with E-state index in [0.29, 0.717) is 0 Å². The predicted molar refractivity (Wildman–Crippen MR) is 255 cm³/mol. The van der Waals surface area contributed by atoms with Gasteiger partial charge >= 0.3 is 363 Å². The van der Waals surface area contributed by atoms with E-state index in [4.69, 9.17) is 15.4 Å². The quantitative estimate of drug-likeness (QED) is 0.143. The molecular formula is C57H37N3Se. The van der Waals surface area contributed by atoms with Crippen molar-refractivity contribution in [1.82, 2.24) is 15.4 Å². The maximum absolute atomic E-state index is 5.20. The minimum absolute atomic E-state index is 0.115. The summed E-state index contributed by atoms with van der Waals surface area (Å²) in [6.45, 7) is 0. The molecule has 0 amide bonds. The van der Waals surface area contributed by atoms with Crippen LogP contribution in [0, 0.1) is 0 Å². The molecule has 0 atom stereocenters. The Morgan fingerprint density at radius 1 is 0.262 bits per heavy atom. The van der Waals surface area contributed by atoms with E-state index in [2.05, 4.69) is 224 Å². The van der Waals surface area contributed by atoms with Crippen molar-refractivity contribution in [2.75, 3.05) is 0 Å². The summed E-state index contributed by atoms with van der Waals surface area (Å²) in [7, 11) is 0. The first-order valence-electron chi connectivity index (χ1n) is 20.5. The number of nitrogens with zero attached hydrogens (tertiary/aromatic N) is 3. The first kappa shape index (κ1) is 36.6. The monoisotopic (exact) mass is 843 g/mol. The Labute approximate surface area is 361 Å². The Balaban J connectivity index is 1.28. The van der Waals surface area contributed by atoms with Gasteiger partial charge in [0, 0.05) is 0 Å². The van der Waals surface area contributed by atoms with Gasteiger partial charge in [-0.25, -0.2) is 0 Å². The number of rotatable bonds is 8. The first-order valence-corrected chi connectivity index (χ1v) is 22.2. The van der Waals surface area contributed by atoms with Crippen molar-refractivity contribution >= 4 is 33.8 Å². The molecule has 2 heterocycles. The summed E-state index contributed by atoms with van der Waals surface area (Å²) in [4.78, 5) is 0. The average molecular weight is 843 g/mol. The maximum atomic E-state index is 5.20. The van der Waals surface area contributed by atoms with Crippen LogP contribution in [0.3, 0.4) is 0 Å². The summed E-state index contributed by atoms with van der Waals surface area (Å²) >= 11 is 0.115. The molecule has 0 aliphatic carbocycles. The fourth-order valence-corrected chi connectivity index (χ4v) is 11.2. The summed E-state index contributed by atoms with van der Waals surface area (Å²) in [6, 6.07) is 80.3. The summed E-state index contributed by atoms with van der Waals surface area (Å²) in [5.74, 6) is 0. The second-order valence-electron chi connectivity index (χ2n) is 15.1. The van der Waals surface area contributed by atoms with E-state index >= 15 is 0 Å². The van der Waals surface area contributed by atoms with Crippen LogP contribution in [-0.4, -0.2) is 29.9 Å². The van der Waals surface area contributed by atoms with Crippen LogP contribution in [0.4, 0.5) is 0 Å². The number of aromatic nitrogens is 3. The Hall–Kier alpha value is -7.49. The van der Waals surface area contributed by atoms with Crippen LogP contribution in [0.5, 0.6) is 0 Å². The second kappa shape index (κ2) is 15.9. The van der Waals surface area contributed by atoms with Crippen molar-refractivity contribution in [2.24, 2.45) is 0 Å². The molecule has 11 aromatic rings. The van der Waals surface area contributed by atoms with Gasteiger partial charge in [-0.3, -0.25) is 0 Å². The third-order valence-electron chi connectivity index (χ3n) is 11.6. The zero-order valence-corrected chi connectivity index (χ0v) is 34.8. The van der Waals surface area contributed by atoms with Gasteiger partial charge in [-0.15, -0.1) is 0 Å². The molecule has 11 rings (SSSR count). The molecule has 0 unspecified atom stereocenters. The van der Waals surface area contributed by atoms with Crippen molar-refractivity contribution in [3.8, 4) is 89.3 Å². The van der Waals surface area contributed by atoms with E-state index in [9.17, 15) is 0 Å². The SMILES string of the molecule is c1ccc(-c2ccccc2-c2ccccc2-c2ccc3[se]c4ccccc4c3c2-c2nnnc(-c3ccccc3-c3ccccc3)c2-c2ccccc2-c2ccccc2)cc1. The van der Waals surface area contributed by atoms with Crippen LogP contribution < -0.4 is 0 Å². The van der Waals surface area contributed by atoms with Crippen molar-refractivity contribution in [1.29, 1.82) is 0 Å². The van der Waals surface area contributed by atoms with E-state index < -0.39 is 0 Å². The van der Waals surface area contributed by atoms with Gasteiger partial charge in [-0.1, -0.05) is 0 Å². The molecule has 0 saturated heterocycles. The first-order chi connectivity index (χ1) is 30.3. The van der Waals surface area contributed by atoms with E-state index in [1.165, 1.54) is 36.0 Å². The third-order valence-corrected chi connectivity index (χ3v) is 14.0. The normalized spacial score (nSPS) is 11.3. The Bertz CT molecular complexity index is 3360. The van der Waals surface area contributed by atoms with Crippen molar-refractivity contribution in [3.63, 3.8) is 0 Å². The standard InChI is InChI=1S/C57H37N3Se/c1-4-20-38(21-5-1)41-26-10-13-29-44(41)45-30-14-15-31-46(45)48-36-37-52-53(50-34-18-19-35-51(50)61-52)54(48)57-55(47-32-16-11-27-42(47)39-22-6-2-7-23-39)56(58-60-59-57)49-33-17-12-28-43(49)40-24-8-3-9-25-40/h1-37H. The van der Waals surface area contributed by atoms with Gasteiger partial charge in [0.1, 0.15) is 0 Å². The van der Waals surface area contributed by atoms with Crippen LogP contribution in [0.1, 0.15) is 0 Å². The summed E-state index contributed by atoms with van der Waals surface area (Å²) in [5, 5.41) is 17.4. The molecule has 0 bridgehead atoms. The molecule has 286 valence electrons. The van der Waals surface area contributed by atoms with Crippen LogP contribution in [0.2, 0.25) is 0 Å². The molecule has 0 aliphatic rings. The number of hydrogen-bond donors (Lipinski definition) is 0. The van der Waals surface area contributed by atoms with Gasteiger partial charge in [0.05, 0.1) is 0 Å². The molecule has 9 aromatic carbocycles. The molecule has 0 spiro atoms. The van der Waals surface area contributed by atoms with E-state index in [0.717, 1.165) is 72.6 Å². The summed E-state index contributed by atoms with van der Waals surface area (Å²) in [5.41, 5.74) is 17.0. The number of fused-ring (bicyclic) bond motifs is 3. The van der Waals surface area contributed by atoms with Crippen molar-refractivity contribution < 1.29 is 0 Å². The zero-order chi connectivity index (χ0) is 40.5. The Kier molecular flexibility index (Phi) is 9.55. The van der Waals surface area contributed by atoms with E-state index in [1.54, 1.807) is 0 Å². The second-order valence-corrected chi connectivity index (χ2v) is 17.4. The molecule has 2 aromatic heterocycles. The molecule has 0 saturated carbocycles. The predicted octanol–water partition coefficient (Wildman–Crippen LogP) is 14.6. The molecular weight excluding hydrogens is 806 g/mol. The molecule has 0 radical (unpaired) electrons. The van der Waals surface area contributed by atoms with E-state index in [-0.39, 0.29) is 14.5 Å². The van der Waals surface area contributed by atoms with Crippen LogP contribution in [0.25, 0.3) is 109 Å². The van der Waals surface area contributed by atoms with Gasteiger partial charge < -0.3 is 0 Å². The fourth-order valence-electron chi connectivity index (χ4n) is 8.90. The van der Waals surface area contributed by atoms with Gasteiger partial charge in [0.2, 0.25) is 0 Å². The minimum atomic E-state index is 0.115. The molecule has 4 heteroatoms. The molecule has 0 fully saturated rings. The van der Waals surface area contributed by atoms with Gasteiger partial charge in [-0.2, -0.15) is 0 Å². The summed E-state index contributed by atoms with van der Waals surface area (Å²) in [6.07, 6.45) is 0. The van der Waals surface area contributed by atoms with Crippen molar-refractivity contribution in [3.05, 3.63) is 224 Å². The molecule has 61 heavy (non-hydrogen) atoms. The van der Waals surface area contributed by atoms with Gasteiger partial charge in [0.25, 0.3) is 0 Å². The van der Waals surface area contributed by atoms with E-state index in [1.807, 2.05) is 0 Å². The Morgan fingerprint density at radius 3 is 1.26 bits per heavy atom. The van der Waals surface area contributed by atoms with Crippen LogP contribution in [-0.2, 0) is 0 Å². The topological polar surface area (TPSA) is 38.7 Å². The van der Waals surface area contributed by atoms with Crippen LogP contribution >= 0.6 is 0 Å². The fraction of sp³-hybridized carbons (Fsp3) is 0. The van der Waals surface area contributed by atoms with Gasteiger partial charge in [0.15, 0.2) is 0 Å². The van der Waals surface area contributed by atoms with Crippen LogP contribution in [0.15, 0.2) is 224 Å².